The van der Waals surface area contributed by atoms with Crippen LogP contribution in [0.5, 0.6) is 5.75 Å². The van der Waals surface area contributed by atoms with Gasteiger partial charge in [-0.05, 0) is 24.1 Å². The molecule has 0 aliphatic carbocycles. The molecule has 12 heteroatoms. The molecule has 2 aromatic rings. The molecule has 0 saturated carbocycles. The van der Waals surface area contributed by atoms with Crippen molar-refractivity contribution in [1.29, 1.82) is 0 Å². The molecule has 1 aliphatic rings. The molecule has 0 spiro atoms. The van der Waals surface area contributed by atoms with Gasteiger partial charge in [-0.3, -0.25) is 18.7 Å². The number of aromatic nitrogens is 2. The van der Waals surface area contributed by atoms with Gasteiger partial charge in [-0.1, -0.05) is 0 Å². The standard InChI is InChI=1S/C16H14F2N2O7S/c1-19-14-9(4-8(15(23)24)6-28(14,26)27)13(22)20(16(19)25)5-7-2-10(17)12(21)11(18)3-7/h2-3,8,21H,4-6H2,1H3,(H,23,24). The SMILES string of the molecule is Cn1c2c(c(=O)n(Cc3cc(F)c(O)c(F)c3)c1=O)CC(C(=O)O)CS2(=O)=O. The monoisotopic (exact) mass is 416 g/mol. The third-order valence-electron chi connectivity index (χ3n) is 4.52. The van der Waals surface area contributed by atoms with Crippen LogP contribution < -0.4 is 11.2 Å². The number of carboxylic acids is 1. The smallest absolute Gasteiger partial charge is 0.332 e. The number of hydrogen-bond donors (Lipinski definition) is 2. The lowest BCUT2D eigenvalue weighted by molar-refractivity contribution is -0.141. The van der Waals surface area contributed by atoms with E-state index in [1.165, 1.54) is 0 Å². The fourth-order valence-corrected chi connectivity index (χ4v) is 5.21. The molecule has 2 heterocycles. The Hall–Kier alpha value is -3.02. The Balaban J connectivity index is 2.23. The first-order chi connectivity index (χ1) is 12.9. The first-order valence-electron chi connectivity index (χ1n) is 7.89. The zero-order valence-electron chi connectivity index (χ0n) is 14.3. The molecule has 0 fully saturated rings. The van der Waals surface area contributed by atoms with E-state index in [9.17, 15) is 31.6 Å². The topological polar surface area (TPSA) is 136 Å². The van der Waals surface area contributed by atoms with Gasteiger partial charge in [0, 0.05) is 7.05 Å². The number of nitrogens with zero attached hydrogens (tertiary/aromatic N) is 2. The summed E-state index contributed by atoms with van der Waals surface area (Å²) < 4.78 is 53.2. The summed E-state index contributed by atoms with van der Waals surface area (Å²) in [6.45, 7) is -0.606. The summed E-state index contributed by atoms with van der Waals surface area (Å²) in [6, 6.07) is 1.45. The fraction of sp³-hybridized carbons (Fsp3) is 0.312. The summed E-state index contributed by atoms with van der Waals surface area (Å²) in [5, 5.41) is 17.7. The zero-order valence-corrected chi connectivity index (χ0v) is 15.2. The Morgan fingerprint density at radius 3 is 2.36 bits per heavy atom. The van der Waals surface area contributed by atoms with Crippen LogP contribution in [0.15, 0.2) is 26.7 Å². The number of sulfone groups is 1. The van der Waals surface area contributed by atoms with Gasteiger partial charge in [0.05, 0.1) is 23.8 Å². The lowest BCUT2D eigenvalue weighted by Crippen LogP contribution is -2.47. The summed E-state index contributed by atoms with van der Waals surface area (Å²) >= 11 is 0. The first-order valence-corrected chi connectivity index (χ1v) is 9.54. The Bertz CT molecular complexity index is 1210. The van der Waals surface area contributed by atoms with Crippen molar-refractivity contribution in [2.45, 2.75) is 18.0 Å². The number of aliphatic carboxylic acids is 1. The molecule has 1 aliphatic heterocycles. The number of halogens is 2. The third kappa shape index (κ3) is 3.09. The number of carboxylic acid groups (broad SMARTS) is 1. The minimum absolute atomic E-state index is 0.166. The maximum absolute atomic E-state index is 13.5. The molecular weight excluding hydrogens is 402 g/mol. The van der Waals surface area contributed by atoms with Gasteiger partial charge in [0.1, 0.15) is 5.03 Å². The Labute approximate surface area is 156 Å². The van der Waals surface area contributed by atoms with Gasteiger partial charge in [0.25, 0.3) is 5.56 Å². The largest absolute Gasteiger partial charge is 0.503 e. The van der Waals surface area contributed by atoms with E-state index < -0.39 is 74.1 Å². The van der Waals surface area contributed by atoms with Crippen LogP contribution in [-0.2, 0) is 34.6 Å². The van der Waals surface area contributed by atoms with Crippen LogP contribution in [0.4, 0.5) is 8.78 Å². The van der Waals surface area contributed by atoms with E-state index in [1.807, 2.05) is 0 Å². The lowest BCUT2D eigenvalue weighted by atomic mass is 10.0. The van der Waals surface area contributed by atoms with E-state index >= 15 is 0 Å². The predicted octanol–water partition coefficient (Wildman–Crippen LogP) is -0.390. The number of phenolic OH excluding ortho intramolecular Hbond substituents is 1. The average molecular weight is 416 g/mol. The van der Waals surface area contributed by atoms with Gasteiger partial charge >= 0.3 is 11.7 Å². The number of rotatable bonds is 3. The van der Waals surface area contributed by atoms with Gasteiger partial charge in [0.2, 0.25) is 0 Å². The lowest BCUT2D eigenvalue weighted by Gasteiger charge is -2.24. The van der Waals surface area contributed by atoms with Crippen molar-refractivity contribution in [3.63, 3.8) is 0 Å². The van der Waals surface area contributed by atoms with Gasteiger partial charge in [0.15, 0.2) is 27.2 Å². The van der Waals surface area contributed by atoms with Crippen molar-refractivity contribution >= 4 is 15.8 Å². The van der Waals surface area contributed by atoms with Crippen LogP contribution in [0.3, 0.4) is 0 Å². The van der Waals surface area contributed by atoms with E-state index in [0.717, 1.165) is 19.2 Å². The number of benzene rings is 1. The number of hydrogen-bond acceptors (Lipinski definition) is 6. The quantitative estimate of drug-likeness (QED) is 0.651. The van der Waals surface area contributed by atoms with E-state index in [-0.39, 0.29) is 11.1 Å². The first kappa shape index (κ1) is 19.7. The highest BCUT2D eigenvalue weighted by atomic mass is 32.2. The summed E-state index contributed by atoms with van der Waals surface area (Å²) in [5.41, 5.74) is -2.64. The molecule has 1 unspecified atom stereocenters. The van der Waals surface area contributed by atoms with Crippen molar-refractivity contribution in [2.24, 2.45) is 13.0 Å². The van der Waals surface area contributed by atoms with E-state index in [0.29, 0.717) is 9.13 Å². The molecule has 0 amide bonds. The maximum Gasteiger partial charge on any atom is 0.332 e. The molecule has 3 rings (SSSR count). The van der Waals surface area contributed by atoms with Crippen molar-refractivity contribution < 1.29 is 32.2 Å². The van der Waals surface area contributed by atoms with Crippen LogP contribution in [-0.4, -0.2) is 39.5 Å². The molecule has 1 atom stereocenters. The van der Waals surface area contributed by atoms with E-state index in [2.05, 4.69) is 0 Å². The fourth-order valence-electron chi connectivity index (χ4n) is 3.22. The Kier molecular flexibility index (Phi) is 4.61. The molecular formula is C16H14F2N2O7S. The van der Waals surface area contributed by atoms with Crippen LogP contribution >= 0.6 is 0 Å². The van der Waals surface area contributed by atoms with Crippen LogP contribution in [0.1, 0.15) is 11.1 Å². The molecule has 0 radical (unpaired) electrons. The second-order valence-corrected chi connectivity index (χ2v) is 8.39. The number of fused-ring (bicyclic) bond motifs is 1. The molecule has 28 heavy (non-hydrogen) atoms. The molecule has 0 bridgehead atoms. The van der Waals surface area contributed by atoms with Crippen LogP contribution in [0, 0.1) is 17.6 Å². The predicted molar refractivity (Wildman–Crippen MR) is 90.0 cm³/mol. The summed E-state index contributed by atoms with van der Waals surface area (Å²) in [5.74, 6) is -7.33. The van der Waals surface area contributed by atoms with E-state index in [4.69, 9.17) is 10.2 Å². The van der Waals surface area contributed by atoms with E-state index in [1.54, 1.807) is 0 Å². The molecule has 2 N–H and O–H groups in total. The molecule has 0 saturated heterocycles. The van der Waals surface area contributed by atoms with Crippen molar-refractivity contribution in [2.75, 3.05) is 5.75 Å². The second kappa shape index (κ2) is 6.55. The van der Waals surface area contributed by atoms with Gasteiger partial charge < -0.3 is 10.2 Å². The molecule has 1 aromatic carbocycles. The molecule has 9 nitrogen and oxygen atoms in total. The van der Waals surface area contributed by atoms with Crippen LogP contribution in [0.2, 0.25) is 0 Å². The summed E-state index contributed by atoms with van der Waals surface area (Å²) in [6.07, 6.45) is -0.408. The van der Waals surface area contributed by atoms with Crippen molar-refractivity contribution in [1.82, 2.24) is 9.13 Å². The minimum Gasteiger partial charge on any atom is -0.503 e. The van der Waals surface area contributed by atoms with Gasteiger partial charge in [-0.2, -0.15) is 0 Å². The highest BCUT2D eigenvalue weighted by Gasteiger charge is 2.39. The Morgan fingerprint density at radius 1 is 1.25 bits per heavy atom. The Morgan fingerprint density at radius 2 is 1.82 bits per heavy atom. The highest BCUT2D eigenvalue weighted by Crippen LogP contribution is 2.25. The average Bonchev–Trinajstić information content (AvgIpc) is 2.59. The van der Waals surface area contributed by atoms with Crippen LogP contribution in [0.25, 0.3) is 0 Å². The summed E-state index contributed by atoms with van der Waals surface area (Å²) in [7, 11) is -3.10. The van der Waals surface area contributed by atoms with Gasteiger partial charge in [-0.25, -0.2) is 22.0 Å². The number of carbonyl (C=O) groups is 1. The van der Waals surface area contributed by atoms with Gasteiger partial charge in [-0.15, -0.1) is 0 Å². The highest BCUT2D eigenvalue weighted by molar-refractivity contribution is 7.91. The zero-order chi connectivity index (χ0) is 21.0. The third-order valence-corrected chi connectivity index (χ3v) is 6.47. The normalized spacial score (nSPS) is 17.9. The minimum atomic E-state index is -4.20. The van der Waals surface area contributed by atoms with Crippen molar-refractivity contribution in [3.05, 3.63) is 55.7 Å². The summed E-state index contributed by atoms with van der Waals surface area (Å²) in [4.78, 5) is 36.5. The number of phenols is 1. The second-order valence-electron chi connectivity index (χ2n) is 6.45. The van der Waals surface area contributed by atoms with Crippen molar-refractivity contribution in [3.8, 4) is 5.75 Å². The molecule has 1 aromatic heterocycles. The molecule has 150 valence electrons. The maximum atomic E-state index is 13.5. The number of aromatic hydroxyl groups is 1.